The van der Waals surface area contributed by atoms with Crippen molar-refractivity contribution in [1.29, 1.82) is 0 Å². The lowest BCUT2D eigenvalue weighted by Crippen LogP contribution is -2.39. The maximum absolute atomic E-state index is 13.6. The highest BCUT2D eigenvalue weighted by molar-refractivity contribution is 6.30. The third-order valence-electron chi connectivity index (χ3n) is 5.88. The van der Waals surface area contributed by atoms with Crippen LogP contribution < -0.4 is 16.0 Å². The minimum Gasteiger partial charge on any atom is -0.496 e. The molecular formula is C27H27ClN2O4. The molecule has 0 spiro atoms. The first-order chi connectivity index (χ1) is 16.5. The van der Waals surface area contributed by atoms with Gasteiger partial charge in [-0.2, -0.15) is 0 Å². The monoisotopic (exact) mass is 478 g/mol. The van der Waals surface area contributed by atoms with E-state index in [1.54, 1.807) is 26.3 Å². The SMILES string of the molecule is COc1ccc2c(c1Cc1ccc(Cl)cc1)c(=O)n(CCCOCc1ccccc1)c(=O)n2C. The molecule has 0 fully saturated rings. The number of rotatable bonds is 9. The topological polar surface area (TPSA) is 62.5 Å². The van der Waals surface area contributed by atoms with Crippen LogP contribution in [0.25, 0.3) is 10.9 Å². The largest absolute Gasteiger partial charge is 0.496 e. The highest BCUT2D eigenvalue weighted by Gasteiger charge is 2.18. The molecule has 0 saturated heterocycles. The van der Waals surface area contributed by atoms with Crippen molar-refractivity contribution in [2.75, 3.05) is 13.7 Å². The van der Waals surface area contributed by atoms with Crippen LogP contribution in [0.1, 0.15) is 23.1 Å². The van der Waals surface area contributed by atoms with Gasteiger partial charge in [0, 0.05) is 37.2 Å². The Labute approximate surface area is 202 Å². The molecule has 0 atom stereocenters. The van der Waals surface area contributed by atoms with E-state index in [0.717, 1.165) is 16.7 Å². The van der Waals surface area contributed by atoms with Crippen molar-refractivity contribution in [3.8, 4) is 5.75 Å². The second-order valence-corrected chi connectivity index (χ2v) is 8.57. The normalized spacial score (nSPS) is 11.1. The second kappa shape index (κ2) is 10.7. The van der Waals surface area contributed by atoms with Gasteiger partial charge in [-0.25, -0.2) is 4.79 Å². The molecule has 7 heteroatoms. The van der Waals surface area contributed by atoms with Crippen molar-refractivity contribution in [3.05, 3.63) is 109 Å². The third-order valence-corrected chi connectivity index (χ3v) is 6.13. The number of nitrogens with zero attached hydrogens (tertiary/aromatic N) is 2. The van der Waals surface area contributed by atoms with Gasteiger partial charge in [0.1, 0.15) is 5.75 Å². The number of methoxy groups -OCH3 is 1. The van der Waals surface area contributed by atoms with E-state index in [2.05, 4.69) is 0 Å². The molecule has 4 aromatic rings. The Morgan fingerprint density at radius 1 is 0.912 bits per heavy atom. The number of hydrogen-bond acceptors (Lipinski definition) is 4. The fraction of sp³-hybridized carbons (Fsp3) is 0.259. The highest BCUT2D eigenvalue weighted by atomic mass is 35.5. The van der Waals surface area contributed by atoms with E-state index in [-0.39, 0.29) is 17.8 Å². The van der Waals surface area contributed by atoms with E-state index >= 15 is 0 Å². The van der Waals surface area contributed by atoms with Crippen LogP contribution in [-0.2, 0) is 31.4 Å². The lowest BCUT2D eigenvalue weighted by Gasteiger charge is -2.16. The fourth-order valence-corrected chi connectivity index (χ4v) is 4.23. The minimum absolute atomic E-state index is 0.272. The van der Waals surface area contributed by atoms with E-state index in [1.165, 1.54) is 9.13 Å². The Kier molecular flexibility index (Phi) is 7.50. The zero-order valence-corrected chi connectivity index (χ0v) is 20.0. The van der Waals surface area contributed by atoms with Gasteiger partial charge >= 0.3 is 5.69 Å². The summed E-state index contributed by atoms with van der Waals surface area (Å²) in [7, 11) is 3.27. The summed E-state index contributed by atoms with van der Waals surface area (Å²) < 4.78 is 14.1. The lowest BCUT2D eigenvalue weighted by molar-refractivity contribution is 0.115. The molecule has 0 aliphatic heterocycles. The van der Waals surface area contributed by atoms with Crippen molar-refractivity contribution in [1.82, 2.24) is 9.13 Å². The van der Waals surface area contributed by atoms with E-state index in [4.69, 9.17) is 21.1 Å². The van der Waals surface area contributed by atoms with Gasteiger partial charge in [-0.05, 0) is 41.8 Å². The molecule has 1 heterocycles. The highest BCUT2D eigenvalue weighted by Crippen LogP contribution is 2.28. The minimum atomic E-state index is -0.344. The molecule has 0 aliphatic carbocycles. The zero-order valence-electron chi connectivity index (χ0n) is 19.3. The first-order valence-corrected chi connectivity index (χ1v) is 11.5. The first kappa shape index (κ1) is 23.8. The maximum Gasteiger partial charge on any atom is 0.331 e. The van der Waals surface area contributed by atoms with E-state index in [9.17, 15) is 9.59 Å². The van der Waals surface area contributed by atoms with Crippen LogP contribution in [-0.4, -0.2) is 22.9 Å². The van der Waals surface area contributed by atoms with Crippen LogP contribution in [0.2, 0.25) is 5.02 Å². The molecule has 3 aromatic carbocycles. The molecule has 1 aromatic heterocycles. The molecule has 0 radical (unpaired) electrons. The molecule has 176 valence electrons. The summed E-state index contributed by atoms with van der Waals surface area (Å²) in [6.07, 6.45) is 1.02. The molecule has 4 rings (SSSR count). The quantitative estimate of drug-likeness (QED) is 0.331. The fourth-order valence-electron chi connectivity index (χ4n) is 4.10. The number of ether oxygens (including phenoxy) is 2. The molecule has 6 nitrogen and oxygen atoms in total. The molecule has 0 bridgehead atoms. The molecular weight excluding hydrogens is 452 g/mol. The molecule has 0 aliphatic rings. The predicted octanol–water partition coefficient (Wildman–Crippen LogP) is 4.56. The second-order valence-electron chi connectivity index (χ2n) is 8.13. The van der Waals surface area contributed by atoms with Gasteiger partial charge in [0.25, 0.3) is 5.56 Å². The standard InChI is InChI=1S/C27H27ClN2O4/c1-29-23-13-14-24(33-2)22(17-19-9-11-21(28)12-10-19)25(23)26(31)30(27(29)32)15-6-16-34-18-20-7-4-3-5-8-20/h3-5,7-14H,6,15-18H2,1-2H3. The lowest BCUT2D eigenvalue weighted by atomic mass is 10.00. The molecule has 34 heavy (non-hydrogen) atoms. The number of aromatic nitrogens is 2. The number of fused-ring (bicyclic) bond motifs is 1. The number of aryl methyl sites for hydroxylation is 1. The summed E-state index contributed by atoms with van der Waals surface area (Å²) in [5, 5.41) is 1.13. The average Bonchev–Trinajstić information content (AvgIpc) is 2.86. The summed E-state index contributed by atoms with van der Waals surface area (Å²) in [6, 6.07) is 20.9. The zero-order chi connectivity index (χ0) is 24.1. The summed E-state index contributed by atoms with van der Waals surface area (Å²) in [5.74, 6) is 0.607. The smallest absolute Gasteiger partial charge is 0.331 e. The van der Waals surface area contributed by atoms with Crippen LogP contribution >= 0.6 is 11.6 Å². The van der Waals surface area contributed by atoms with Gasteiger partial charge in [-0.3, -0.25) is 13.9 Å². The number of benzene rings is 3. The Bertz CT molecular complexity index is 1390. The van der Waals surface area contributed by atoms with Crippen molar-refractivity contribution < 1.29 is 9.47 Å². The Hall–Kier alpha value is -3.35. The number of halogens is 1. The van der Waals surface area contributed by atoms with E-state index < -0.39 is 0 Å². The average molecular weight is 479 g/mol. The summed E-state index contributed by atoms with van der Waals surface area (Å²) in [6.45, 7) is 1.21. The number of hydrogen-bond donors (Lipinski definition) is 0. The molecule has 0 unspecified atom stereocenters. The van der Waals surface area contributed by atoms with Crippen molar-refractivity contribution >= 4 is 22.5 Å². The predicted molar refractivity (Wildman–Crippen MR) is 135 cm³/mol. The van der Waals surface area contributed by atoms with Gasteiger partial charge in [0.2, 0.25) is 0 Å². The van der Waals surface area contributed by atoms with Gasteiger partial charge in [0.05, 0.1) is 24.6 Å². The van der Waals surface area contributed by atoms with Crippen molar-refractivity contribution in [2.45, 2.75) is 26.0 Å². The van der Waals surface area contributed by atoms with Crippen LogP contribution in [0.15, 0.2) is 76.3 Å². The van der Waals surface area contributed by atoms with Gasteiger partial charge in [-0.15, -0.1) is 0 Å². The van der Waals surface area contributed by atoms with Gasteiger partial charge in [0.15, 0.2) is 0 Å². The summed E-state index contributed by atoms with van der Waals surface area (Å²) in [4.78, 5) is 26.5. The molecule has 0 amide bonds. The van der Waals surface area contributed by atoms with Crippen LogP contribution in [0.4, 0.5) is 0 Å². The molecule has 0 saturated carbocycles. The van der Waals surface area contributed by atoms with Crippen molar-refractivity contribution in [3.63, 3.8) is 0 Å². The molecule has 0 N–H and O–H groups in total. The summed E-state index contributed by atoms with van der Waals surface area (Å²) >= 11 is 6.03. The van der Waals surface area contributed by atoms with Crippen molar-refractivity contribution in [2.24, 2.45) is 7.05 Å². The van der Waals surface area contributed by atoms with Gasteiger partial charge in [-0.1, -0.05) is 54.1 Å². The van der Waals surface area contributed by atoms with E-state index in [0.29, 0.717) is 47.7 Å². The van der Waals surface area contributed by atoms with E-state index in [1.807, 2.05) is 54.6 Å². The van der Waals surface area contributed by atoms with Crippen LogP contribution in [0.5, 0.6) is 5.75 Å². The Morgan fingerprint density at radius 2 is 1.65 bits per heavy atom. The van der Waals surface area contributed by atoms with Gasteiger partial charge < -0.3 is 9.47 Å². The maximum atomic E-state index is 13.6. The first-order valence-electron chi connectivity index (χ1n) is 11.1. The van der Waals surface area contributed by atoms with Crippen LogP contribution in [0.3, 0.4) is 0 Å². The Morgan fingerprint density at radius 3 is 2.35 bits per heavy atom. The summed E-state index contributed by atoms with van der Waals surface area (Å²) in [5.41, 5.74) is 2.74. The van der Waals surface area contributed by atoms with Crippen LogP contribution in [0, 0.1) is 0 Å². The third kappa shape index (κ3) is 5.08. The Balaban J connectivity index is 1.64.